The maximum atomic E-state index is 12.8. The molecule has 1 saturated carbocycles. The molecule has 32 heavy (non-hydrogen) atoms. The summed E-state index contributed by atoms with van der Waals surface area (Å²) in [6.45, 7) is 14.2. The lowest BCUT2D eigenvalue weighted by atomic mass is 9.39. The largest absolute Gasteiger partial charge is 0.481 e. The number of rotatable bonds is 0. The quantitative estimate of drug-likeness (QED) is 0.606. The first-order valence-electron chi connectivity index (χ1n) is 11.7. The van der Waals surface area contributed by atoms with E-state index in [1.807, 2.05) is 39.8 Å². The fraction of sp³-hybridized carbons (Fsp3) is 0.630. The number of aryl methyl sites for hydroxylation is 1. The summed E-state index contributed by atoms with van der Waals surface area (Å²) >= 11 is 0. The molecule has 6 atom stereocenters. The zero-order valence-corrected chi connectivity index (χ0v) is 20.2. The van der Waals surface area contributed by atoms with Gasteiger partial charge in [0.2, 0.25) is 0 Å². The molecular formula is C27H34O5. The molecule has 5 nitrogen and oxygen atoms in total. The number of ether oxygens (including phenoxy) is 1. The number of carbonyl (C=O) groups is 1. The van der Waals surface area contributed by atoms with E-state index in [9.17, 15) is 14.7 Å². The fourth-order valence-electron chi connectivity index (χ4n) is 7.99. The number of hydrogen-bond donors (Lipinski definition) is 1. The molecule has 1 aromatic heterocycles. The van der Waals surface area contributed by atoms with Crippen LogP contribution in [-0.2, 0) is 11.2 Å². The number of aliphatic hydroxyl groups excluding tert-OH is 1. The second-order valence-electron chi connectivity index (χ2n) is 11.6. The highest BCUT2D eigenvalue weighted by molar-refractivity contribution is 5.95. The van der Waals surface area contributed by atoms with Crippen molar-refractivity contribution in [3.8, 4) is 5.75 Å². The van der Waals surface area contributed by atoms with Crippen molar-refractivity contribution >= 4 is 5.78 Å². The van der Waals surface area contributed by atoms with Crippen LogP contribution in [0.25, 0.3) is 0 Å². The maximum Gasteiger partial charge on any atom is 0.343 e. The van der Waals surface area contributed by atoms with Gasteiger partial charge >= 0.3 is 5.63 Å². The standard InChI is InChI=1S/C27H34O5/c1-14-12-18(28)22-25(6)10-9-20(29)24(4,5)19(25)8-11-26(22,7)27(14)13-17-21(32-27)15(2)16(3)31-23(17)30/h9-10,12,18-19,22,28H,8,11,13H2,1-7H3. The first-order chi connectivity index (χ1) is 14.8. The van der Waals surface area contributed by atoms with Crippen LogP contribution in [0.15, 0.2) is 33.0 Å². The minimum absolute atomic E-state index is 0.127. The van der Waals surface area contributed by atoms with Crippen molar-refractivity contribution < 1.29 is 19.1 Å². The molecule has 6 unspecified atom stereocenters. The maximum absolute atomic E-state index is 12.8. The van der Waals surface area contributed by atoms with Crippen LogP contribution >= 0.6 is 0 Å². The Bertz CT molecular complexity index is 1150. The third-order valence-electron chi connectivity index (χ3n) is 9.82. The summed E-state index contributed by atoms with van der Waals surface area (Å²) in [5, 5.41) is 11.5. The van der Waals surface area contributed by atoms with E-state index >= 15 is 0 Å². The molecule has 2 heterocycles. The Kier molecular flexibility index (Phi) is 4.24. The summed E-state index contributed by atoms with van der Waals surface area (Å²) in [7, 11) is 0. The monoisotopic (exact) mass is 438 g/mol. The van der Waals surface area contributed by atoms with E-state index in [-0.39, 0.29) is 28.7 Å². The lowest BCUT2D eigenvalue weighted by Crippen LogP contribution is -2.68. The molecule has 4 aliphatic rings. The van der Waals surface area contributed by atoms with Crippen LogP contribution < -0.4 is 10.4 Å². The van der Waals surface area contributed by atoms with E-state index in [1.165, 1.54) is 0 Å². The Labute approximate surface area is 189 Å². The van der Waals surface area contributed by atoms with E-state index in [1.54, 1.807) is 13.0 Å². The van der Waals surface area contributed by atoms with Crippen LogP contribution in [0.4, 0.5) is 0 Å². The first-order valence-corrected chi connectivity index (χ1v) is 11.7. The van der Waals surface area contributed by atoms with Crippen LogP contribution in [0.2, 0.25) is 0 Å². The van der Waals surface area contributed by atoms with Gasteiger partial charge in [-0.3, -0.25) is 4.79 Å². The number of ketones is 1. The summed E-state index contributed by atoms with van der Waals surface area (Å²) in [5.74, 6) is 1.36. The van der Waals surface area contributed by atoms with Crippen molar-refractivity contribution in [2.45, 2.75) is 79.4 Å². The van der Waals surface area contributed by atoms with Gasteiger partial charge in [-0.05, 0) is 56.6 Å². The third kappa shape index (κ3) is 2.33. The van der Waals surface area contributed by atoms with Gasteiger partial charge in [0.05, 0.1) is 11.7 Å². The molecular weight excluding hydrogens is 404 g/mol. The Balaban J connectivity index is 1.71. The van der Waals surface area contributed by atoms with Gasteiger partial charge in [-0.1, -0.05) is 39.8 Å². The van der Waals surface area contributed by atoms with E-state index < -0.39 is 22.5 Å². The van der Waals surface area contributed by atoms with Gasteiger partial charge in [0.15, 0.2) is 5.78 Å². The second-order valence-corrected chi connectivity index (χ2v) is 11.6. The van der Waals surface area contributed by atoms with Gasteiger partial charge in [0.25, 0.3) is 0 Å². The van der Waals surface area contributed by atoms with Crippen LogP contribution in [0.1, 0.15) is 64.3 Å². The molecule has 1 N–H and O–H groups in total. The topological polar surface area (TPSA) is 76.7 Å². The minimum atomic E-state index is -0.722. The number of aliphatic hydroxyl groups is 1. The summed E-state index contributed by atoms with van der Waals surface area (Å²) < 4.78 is 12.3. The normalized spacial score (nSPS) is 41.6. The molecule has 0 radical (unpaired) electrons. The molecule has 172 valence electrons. The summed E-state index contributed by atoms with van der Waals surface area (Å²) in [6, 6.07) is 0. The van der Waals surface area contributed by atoms with Crippen molar-refractivity contribution in [1.82, 2.24) is 0 Å². The molecule has 0 bridgehead atoms. The molecule has 0 saturated heterocycles. The van der Waals surface area contributed by atoms with Crippen molar-refractivity contribution in [2.24, 2.45) is 28.1 Å². The Morgan fingerprint density at radius 3 is 2.47 bits per heavy atom. The van der Waals surface area contributed by atoms with Crippen molar-refractivity contribution in [2.75, 3.05) is 0 Å². The third-order valence-corrected chi connectivity index (χ3v) is 9.82. The molecule has 1 spiro atoms. The SMILES string of the molecule is CC1=CC(O)C2C3(C)C=CC(=O)C(C)(C)C3CCC2(C)C12Cc1c(c(C)c(C)oc1=O)O2. The molecule has 0 amide bonds. The Hall–Kier alpha value is -2.14. The van der Waals surface area contributed by atoms with Crippen molar-refractivity contribution in [1.29, 1.82) is 0 Å². The Morgan fingerprint density at radius 2 is 1.78 bits per heavy atom. The molecule has 1 fully saturated rings. The number of allylic oxidation sites excluding steroid dienone is 2. The van der Waals surface area contributed by atoms with Gasteiger partial charge < -0.3 is 14.3 Å². The van der Waals surface area contributed by atoms with Crippen molar-refractivity contribution in [3.63, 3.8) is 0 Å². The summed E-state index contributed by atoms with van der Waals surface area (Å²) in [4.78, 5) is 25.6. The van der Waals surface area contributed by atoms with Crippen molar-refractivity contribution in [3.05, 3.63) is 51.1 Å². The van der Waals surface area contributed by atoms with E-state index in [0.717, 1.165) is 24.0 Å². The van der Waals surface area contributed by atoms with E-state index in [4.69, 9.17) is 9.15 Å². The number of hydrogen-bond acceptors (Lipinski definition) is 5. The highest BCUT2D eigenvalue weighted by Gasteiger charge is 2.70. The van der Waals surface area contributed by atoms with Crippen LogP contribution in [0.5, 0.6) is 5.75 Å². The molecule has 0 aromatic carbocycles. The lowest BCUT2D eigenvalue weighted by molar-refractivity contribution is -0.183. The average molecular weight is 439 g/mol. The van der Waals surface area contributed by atoms with Gasteiger partial charge in [0.1, 0.15) is 17.1 Å². The smallest absolute Gasteiger partial charge is 0.343 e. The molecule has 3 aliphatic carbocycles. The van der Waals surface area contributed by atoms with Crippen LogP contribution in [0, 0.1) is 41.9 Å². The highest BCUT2D eigenvalue weighted by atomic mass is 16.5. The lowest BCUT2D eigenvalue weighted by Gasteiger charge is -2.66. The molecule has 5 heteroatoms. The van der Waals surface area contributed by atoms with Crippen LogP contribution in [0.3, 0.4) is 0 Å². The van der Waals surface area contributed by atoms with Gasteiger partial charge in [0, 0.05) is 28.7 Å². The minimum Gasteiger partial charge on any atom is -0.481 e. The highest BCUT2D eigenvalue weighted by Crippen LogP contribution is 2.69. The van der Waals surface area contributed by atoms with Crippen LogP contribution in [-0.4, -0.2) is 22.6 Å². The Morgan fingerprint density at radius 1 is 1.09 bits per heavy atom. The summed E-state index contributed by atoms with van der Waals surface area (Å²) in [6.07, 6.45) is 7.15. The second kappa shape index (κ2) is 6.25. The number of fused-ring (bicyclic) bond motifs is 5. The summed E-state index contributed by atoms with van der Waals surface area (Å²) in [5.41, 5.74) is 0.0863. The molecule has 1 aromatic rings. The first kappa shape index (κ1) is 21.7. The van der Waals surface area contributed by atoms with E-state index in [2.05, 4.69) is 13.8 Å². The zero-order valence-electron chi connectivity index (χ0n) is 20.2. The predicted octanol–water partition coefficient (Wildman–Crippen LogP) is 4.46. The molecule has 5 rings (SSSR count). The molecule has 1 aliphatic heterocycles. The zero-order chi connectivity index (χ0) is 23.4. The van der Waals surface area contributed by atoms with E-state index in [0.29, 0.717) is 23.5 Å². The van der Waals surface area contributed by atoms with Gasteiger partial charge in [-0.25, -0.2) is 4.79 Å². The average Bonchev–Trinajstić information content (AvgIpc) is 3.11. The van der Waals surface area contributed by atoms with Gasteiger partial charge in [-0.15, -0.1) is 0 Å². The number of carbonyl (C=O) groups excluding carboxylic acids is 1. The van der Waals surface area contributed by atoms with Gasteiger partial charge in [-0.2, -0.15) is 0 Å². The predicted molar refractivity (Wildman–Crippen MR) is 122 cm³/mol. The fourth-order valence-corrected chi connectivity index (χ4v) is 7.99.